The average Bonchev–Trinajstić information content (AvgIpc) is 3.00. The Bertz CT molecular complexity index is 819. The Morgan fingerprint density at radius 2 is 1.84 bits per heavy atom. The number of aromatic nitrogens is 1. The molecule has 1 heterocycles. The lowest BCUT2D eigenvalue weighted by Gasteiger charge is -2.06. The third kappa shape index (κ3) is 5.37. The van der Waals surface area contributed by atoms with Crippen molar-refractivity contribution >= 4 is 27.8 Å². The van der Waals surface area contributed by atoms with Gasteiger partial charge in [-0.25, -0.2) is 4.57 Å². The number of halogens is 1. The second-order valence-corrected chi connectivity index (χ2v) is 6.21. The van der Waals surface area contributed by atoms with Crippen LogP contribution in [-0.4, -0.2) is 11.7 Å². The maximum absolute atomic E-state index is 5.19. The highest BCUT2D eigenvalue weighted by molar-refractivity contribution is 7.17. The number of rotatable bonds is 6. The van der Waals surface area contributed by atoms with Crippen molar-refractivity contribution in [2.24, 2.45) is 17.3 Å². The third-order valence-corrected chi connectivity index (χ3v) is 4.48. The zero-order valence-corrected chi connectivity index (χ0v) is 16.4. The quantitative estimate of drug-likeness (QED) is 0.493. The highest BCUT2D eigenvalue weighted by Gasteiger charge is 2.14. The summed E-state index contributed by atoms with van der Waals surface area (Å²) in [5.74, 6) is 0. The van der Waals surface area contributed by atoms with Gasteiger partial charge in [-0.1, -0.05) is 30.3 Å². The van der Waals surface area contributed by atoms with Gasteiger partial charge in [-0.15, -0.1) is 5.11 Å². The molecule has 0 aliphatic carbocycles. The van der Waals surface area contributed by atoms with Crippen molar-refractivity contribution in [3.63, 3.8) is 0 Å². The molecule has 5 nitrogen and oxygen atoms in total. The summed E-state index contributed by atoms with van der Waals surface area (Å²) in [7, 11) is 3.57. The van der Waals surface area contributed by atoms with E-state index in [0.717, 1.165) is 28.1 Å². The van der Waals surface area contributed by atoms with Gasteiger partial charge in [-0.2, -0.15) is 0 Å². The molecule has 0 radical (unpaired) electrons. The molecule has 0 saturated carbocycles. The van der Waals surface area contributed by atoms with Gasteiger partial charge in [-0.3, -0.25) is 0 Å². The van der Waals surface area contributed by atoms with E-state index in [1.165, 1.54) is 16.9 Å². The van der Waals surface area contributed by atoms with Crippen LogP contribution in [0.3, 0.4) is 0 Å². The summed E-state index contributed by atoms with van der Waals surface area (Å²) in [6.45, 7) is 0.798. The molecule has 1 aromatic heterocycles. The molecule has 3 rings (SSSR count). The Hall–Kier alpha value is -2.25. The molecule has 0 amide bonds. The summed E-state index contributed by atoms with van der Waals surface area (Å²) < 4.78 is 7.09. The van der Waals surface area contributed by atoms with Crippen LogP contribution in [0.2, 0.25) is 0 Å². The fraction of sp³-hybridized carbons (Fsp3) is 0.167. The van der Waals surface area contributed by atoms with Crippen LogP contribution in [0.15, 0.2) is 71.0 Å². The largest absolute Gasteiger partial charge is 1.00 e. The minimum Gasteiger partial charge on any atom is -1.00 e. The van der Waals surface area contributed by atoms with Gasteiger partial charge in [0.1, 0.15) is 0 Å². The van der Waals surface area contributed by atoms with Gasteiger partial charge in [0, 0.05) is 19.3 Å². The first-order valence-electron chi connectivity index (χ1n) is 7.57. The Balaban J connectivity index is 0.00000225. The summed E-state index contributed by atoms with van der Waals surface area (Å²) >= 11 is 1.46. The first-order chi connectivity index (χ1) is 11.7. The molecule has 7 heteroatoms. The maximum Gasteiger partial charge on any atom is 0.345 e. The third-order valence-electron chi connectivity index (χ3n) is 3.45. The smallest absolute Gasteiger partial charge is 0.345 e. The molecule has 1 N–H and O–H groups in total. The number of nitrogens with zero attached hydrogens (tertiary/aromatic N) is 3. The van der Waals surface area contributed by atoms with Crippen molar-refractivity contribution < 1.29 is 21.7 Å². The Labute approximate surface area is 161 Å². The summed E-state index contributed by atoms with van der Waals surface area (Å²) in [5.41, 5.74) is 3.12. The second-order valence-electron chi connectivity index (χ2n) is 5.23. The lowest BCUT2D eigenvalue weighted by molar-refractivity contribution is -0.00000514. The van der Waals surface area contributed by atoms with Crippen molar-refractivity contribution in [2.75, 3.05) is 12.4 Å². The van der Waals surface area contributed by atoms with Crippen LogP contribution in [0.25, 0.3) is 0 Å². The van der Waals surface area contributed by atoms with E-state index in [-0.39, 0.29) is 17.0 Å². The molecule has 0 aliphatic heterocycles. The van der Waals surface area contributed by atoms with Crippen molar-refractivity contribution in [1.82, 2.24) is 4.57 Å². The minimum atomic E-state index is 0. The van der Waals surface area contributed by atoms with E-state index in [0.29, 0.717) is 0 Å². The maximum atomic E-state index is 5.19. The molecule has 130 valence electrons. The molecule has 0 fully saturated rings. The van der Waals surface area contributed by atoms with E-state index >= 15 is 0 Å². The van der Waals surface area contributed by atoms with Crippen LogP contribution in [0.5, 0.6) is 5.06 Å². The van der Waals surface area contributed by atoms with E-state index in [2.05, 4.69) is 27.7 Å². The predicted octanol–water partition coefficient (Wildman–Crippen LogP) is 2.41. The Kier molecular flexibility index (Phi) is 7.09. The van der Waals surface area contributed by atoms with Gasteiger partial charge < -0.3 is 27.0 Å². The highest BCUT2D eigenvalue weighted by Crippen LogP contribution is 2.31. The van der Waals surface area contributed by atoms with E-state index in [9.17, 15) is 0 Å². The van der Waals surface area contributed by atoms with Crippen LogP contribution in [0.1, 0.15) is 5.56 Å². The Morgan fingerprint density at radius 1 is 1.12 bits per heavy atom. The zero-order chi connectivity index (χ0) is 16.8. The van der Waals surface area contributed by atoms with Crippen molar-refractivity contribution in [3.05, 3.63) is 66.4 Å². The molecule has 25 heavy (non-hydrogen) atoms. The zero-order valence-electron chi connectivity index (χ0n) is 14.0. The topological polar surface area (TPSA) is 50.9 Å². The Morgan fingerprint density at radius 3 is 2.48 bits per heavy atom. The van der Waals surface area contributed by atoms with Gasteiger partial charge in [0.05, 0.1) is 24.1 Å². The summed E-state index contributed by atoms with van der Waals surface area (Å²) in [4.78, 5) is 0. The number of thiazole rings is 1. The van der Waals surface area contributed by atoms with Crippen LogP contribution >= 0.6 is 11.3 Å². The molecule has 2 aromatic carbocycles. The normalized spacial score (nSPS) is 10.5. The number of aryl methyl sites for hydroxylation is 1. The minimum absolute atomic E-state index is 0. The number of hydrogen-bond donors (Lipinski definition) is 1. The fourth-order valence-corrected chi connectivity index (χ4v) is 2.89. The summed E-state index contributed by atoms with van der Waals surface area (Å²) in [6, 6.07) is 18.2. The second kappa shape index (κ2) is 9.29. The lowest BCUT2D eigenvalue weighted by atomic mass is 10.2. The molecule has 0 bridgehead atoms. The van der Waals surface area contributed by atoms with Gasteiger partial charge in [0.2, 0.25) is 6.20 Å². The fourth-order valence-electron chi connectivity index (χ4n) is 2.13. The number of methoxy groups -OCH3 is 1. The number of hydrogen-bond acceptors (Lipinski definition) is 5. The predicted molar refractivity (Wildman–Crippen MR) is 98.6 cm³/mol. The van der Waals surface area contributed by atoms with Crippen molar-refractivity contribution in [1.29, 1.82) is 0 Å². The number of ether oxygens (including phenoxy) is 1. The molecular weight excluding hydrogens is 400 g/mol. The average molecular weight is 419 g/mol. The molecule has 0 unspecified atom stereocenters. The van der Waals surface area contributed by atoms with Gasteiger partial charge >= 0.3 is 10.2 Å². The first kappa shape index (κ1) is 19.1. The monoisotopic (exact) mass is 418 g/mol. The molecule has 0 atom stereocenters. The van der Waals surface area contributed by atoms with Gasteiger partial charge in [0.25, 0.3) is 0 Å². The number of nitrogens with one attached hydrogen (secondary N) is 1. The van der Waals surface area contributed by atoms with Crippen LogP contribution in [-0.2, 0) is 13.6 Å². The molecule has 0 saturated heterocycles. The van der Waals surface area contributed by atoms with Gasteiger partial charge in [-0.05, 0) is 34.9 Å². The lowest BCUT2D eigenvalue weighted by Crippen LogP contribution is -3.00. The van der Waals surface area contributed by atoms with E-state index in [1.54, 1.807) is 7.11 Å². The SMILES string of the molecule is COc1cn(C)[c+](N=Nc2ccc(NCc3ccccc3)cc2)s1.[Br-]. The van der Waals surface area contributed by atoms with Crippen molar-refractivity contribution in [3.8, 4) is 5.06 Å². The van der Waals surface area contributed by atoms with Crippen LogP contribution in [0, 0.1) is 0 Å². The number of benzene rings is 2. The summed E-state index contributed by atoms with van der Waals surface area (Å²) in [5, 5.41) is 13.5. The van der Waals surface area contributed by atoms with Crippen LogP contribution < -0.4 is 27.0 Å². The standard InChI is InChI=1S/C18H19N4OS.BrH/c1-22-13-17(23-2)24-18(22)21-20-16-10-8-15(9-11-16)19-12-14-6-4-3-5-7-14;/h3-11,13,19H,12H2,1-2H3;1H/q+1;/p-1. The van der Waals surface area contributed by atoms with Crippen LogP contribution in [0.4, 0.5) is 16.5 Å². The van der Waals surface area contributed by atoms with E-state index < -0.39 is 0 Å². The molecule has 0 aliphatic rings. The molecular formula is C18H19BrN4OS. The highest BCUT2D eigenvalue weighted by atomic mass is 79.9. The first-order valence-corrected chi connectivity index (χ1v) is 8.39. The molecule has 0 spiro atoms. The number of anilines is 1. The van der Waals surface area contributed by atoms with E-state index in [4.69, 9.17) is 4.74 Å². The van der Waals surface area contributed by atoms with Crippen molar-refractivity contribution in [2.45, 2.75) is 6.54 Å². The van der Waals surface area contributed by atoms with Gasteiger partial charge in [0.15, 0.2) is 0 Å². The molecule has 3 aromatic rings. The number of azo groups is 1. The summed E-state index contributed by atoms with van der Waals surface area (Å²) in [6.07, 6.45) is 1.88. The van der Waals surface area contributed by atoms with E-state index in [1.807, 2.05) is 60.3 Å².